The highest BCUT2D eigenvalue weighted by atomic mass is 32.2. The van der Waals surface area contributed by atoms with E-state index in [0.29, 0.717) is 0 Å². The number of halogens is 1. The fraction of sp³-hybridized carbons (Fsp3) is 0.143. The Labute approximate surface area is 116 Å². The average Bonchev–Trinajstić information content (AvgIpc) is 2.46. The Kier molecular flexibility index (Phi) is 4.65. The molecule has 0 heterocycles. The van der Waals surface area contributed by atoms with Crippen LogP contribution in [0, 0.1) is 5.82 Å². The molecule has 19 heavy (non-hydrogen) atoms. The second kappa shape index (κ2) is 6.45. The van der Waals surface area contributed by atoms with Gasteiger partial charge in [0.15, 0.2) is 0 Å². The van der Waals surface area contributed by atoms with E-state index in [2.05, 4.69) is 10.0 Å². The third kappa shape index (κ3) is 3.39. The van der Waals surface area contributed by atoms with Gasteiger partial charge in [0, 0.05) is 7.05 Å². The molecular weight excluding hydrogens is 263 g/mol. The van der Waals surface area contributed by atoms with E-state index in [-0.39, 0.29) is 5.82 Å². The predicted octanol–water partition coefficient (Wildman–Crippen LogP) is 4.16. The van der Waals surface area contributed by atoms with Gasteiger partial charge in [-0.15, -0.1) is 0 Å². The standard InChI is InChI=1S/C14H15FN2OS/c1-16-14-9-11(5-8-13(14)17-19-18-2)10-3-6-12(15)7-4-10/h3-9,16-17H,1-2H3. The quantitative estimate of drug-likeness (QED) is 0.635. The molecule has 0 spiro atoms. The molecule has 5 heteroatoms. The predicted molar refractivity (Wildman–Crippen MR) is 79.6 cm³/mol. The number of benzene rings is 2. The highest BCUT2D eigenvalue weighted by molar-refractivity contribution is 7.96. The van der Waals surface area contributed by atoms with Gasteiger partial charge in [0.1, 0.15) is 18.0 Å². The molecule has 3 nitrogen and oxygen atoms in total. The van der Waals surface area contributed by atoms with Gasteiger partial charge in [-0.3, -0.25) is 0 Å². The first-order valence-electron chi connectivity index (χ1n) is 5.78. The summed E-state index contributed by atoms with van der Waals surface area (Å²) in [4.78, 5) is 0. The van der Waals surface area contributed by atoms with Crippen molar-refractivity contribution in [2.24, 2.45) is 0 Å². The van der Waals surface area contributed by atoms with E-state index in [0.717, 1.165) is 34.7 Å². The van der Waals surface area contributed by atoms with Gasteiger partial charge in [-0.05, 0) is 35.4 Å². The van der Waals surface area contributed by atoms with Crippen LogP contribution in [0.4, 0.5) is 15.8 Å². The molecule has 0 saturated heterocycles. The molecule has 2 aromatic carbocycles. The second-order valence-corrected chi connectivity index (χ2v) is 4.57. The van der Waals surface area contributed by atoms with Gasteiger partial charge in [-0.1, -0.05) is 18.2 Å². The number of hydrogen-bond donors (Lipinski definition) is 2. The number of nitrogens with one attached hydrogen (secondary N) is 2. The molecule has 0 aliphatic carbocycles. The summed E-state index contributed by atoms with van der Waals surface area (Å²) >= 11 is 1.15. The molecule has 2 N–H and O–H groups in total. The molecular formula is C14H15FN2OS. The Hall–Kier alpha value is -1.72. The molecule has 0 radical (unpaired) electrons. The lowest BCUT2D eigenvalue weighted by Crippen LogP contribution is -1.96. The van der Waals surface area contributed by atoms with E-state index < -0.39 is 0 Å². The van der Waals surface area contributed by atoms with E-state index >= 15 is 0 Å². The van der Waals surface area contributed by atoms with Crippen LogP contribution < -0.4 is 10.0 Å². The molecule has 0 fully saturated rings. The fourth-order valence-corrected chi connectivity index (χ4v) is 2.10. The van der Waals surface area contributed by atoms with Gasteiger partial charge in [-0.2, -0.15) is 0 Å². The monoisotopic (exact) mass is 278 g/mol. The van der Waals surface area contributed by atoms with Gasteiger partial charge < -0.3 is 14.2 Å². The van der Waals surface area contributed by atoms with Crippen molar-refractivity contribution in [3.05, 3.63) is 48.3 Å². The Morgan fingerprint density at radius 1 is 1.00 bits per heavy atom. The SMILES string of the molecule is CNc1cc(-c2ccc(F)cc2)ccc1NSOC. The molecule has 0 unspecified atom stereocenters. The van der Waals surface area contributed by atoms with Gasteiger partial charge in [0.05, 0.1) is 18.5 Å². The van der Waals surface area contributed by atoms with Crippen molar-refractivity contribution in [3.8, 4) is 11.1 Å². The van der Waals surface area contributed by atoms with E-state index in [1.54, 1.807) is 19.2 Å². The Bertz CT molecular complexity index is 546. The molecule has 0 aliphatic rings. The van der Waals surface area contributed by atoms with Crippen LogP contribution in [0.2, 0.25) is 0 Å². The first-order chi connectivity index (χ1) is 9.24. The summed E-state index contributed by atoms with van der Waals surface area (Å²) in [6, 6.07) is 12.4. The summed E-state index contributed by atoms with van der Waals surface area (Å²) in [7, 11) is 3.45. The highest BCUT2D eigenvalue weighted by Crippen LogP contribution is 2.30. The van der Waals surface area contributed by atoms with Crippen LogP contribution in [0.1, 0.15) is 0 Å². The molecule has 100 valence electrons. The number of rotatable bonds is 5. The second-order valence-electron chi connectivity index (χ2n) is 3.87. The van der Waals surface area contributed by atoms with Crippen molar-refractivity contribution in [2.75, 3.05) is 24.2 Å². The summed E-state index contributed by atoms with van der Waals surface area (Å²) in [5, 5.41) is 3.12. The van der Waals surface area contributed by atoms with E-state index in [4.69, 9.17) is 4.18 Å². The molecule has 0 aromatic heterocycles. The van der Waals surface area contributed by atoms with Crippen molar-refractivity contribution in [1.82, 2.24) is 0 Å². The highest BCUT2D eigenvalue weighted by Gasteiger charge is 2.04. The number of hydrogen-bond acceptors (Lipinski definition) is 4. The van der Waals surface area contributed by atoms with Crippen LogP contribution in [0.25, 0.3) is 11.1 Å². The van der Waals surface area contributed by atoms with Crippen LogP contribution in [0.5, 0.6) is 0 Å². The van der Waals surface area contributed by atoms with Gasteiger partial charge in [-0.25, -0.2) is 4.39 Å². The summed E-state index contributed by atoms with van der Waals surface area (Å²) in [5.74, 6) is -0.229. The summed E-state index contributed by atoms with van der Waals surface area (Å²) in [5.41, 5.74) is 3.88. The normalized spacial score (nSPS) is 10.3. The molecule has 0 atom stereocenters. The first-order valence-corrected chi connectivity index (χ1v) is 6.52. The Morgan fingerprint density at radius 3 is 2.32 bits per heavy atom. The maximum atomic E-state index is 12.9. The van der Waals surface area contributed by atoms with E-state index in [1.165, 1.54) is 12.1 Å². The third-order valence-corrected chi connectivity index (χ3v) is 3.17. The van der Waals surface area contributed by atoms with Crippen molar-refractivity contribution in [1.29, 1.82) is 0 Å². The van der Waals surface area contributed by atoms with Crippen LogP contribution >= 0.6 is 12.2 Å². The number of anilines is 2. The van der Waals surface area contributed by atoms with Gasteiger partial charge >= 0.3 is 0 Å². The van der Waals surface area contributed by atoms with Gasteiger partial charge in [0.2, 0.25) is 0 Å². The largest absolute Gasteiger partial charge is 0.386 e. The molecule has 0 bridgehead atoms. The smallest absolute Gasteiger partial charge is 0.123 e. The van der Waals surface area contributed by atoms with Crippen LogP contribution in [0.15, 0.2) is 42.5 Å². The molecule has 2 rings (SSSR count). The van der Waals surface area contributed by atoms with Crippen LogP contribution in [-0.4, -0.2) is 14.2 Å². The molecule has 0 saturated carbocycles. The zero-order chi connectivity index (χ0) is 13.7. The molecule has 2 aromatic rings. The average molecular weight is 278 g/mol. The lowest BCUT2D eigenvalue weighted by atomic mass is 10.0. The third-order valence-electron chi connectivity index (χ3n) is 2.70. The van der Waals surface area contributed by atoms with Crippen molar-refractivity contribution in [2.45, 2.75) is 0 Å². The molecule has 0 amide bonds. The van der Waals surface area contributed by atoms with Crippen molar-refractivity contribution < 1.29 is 8.57 Å². The summed E-state index contributed by atoms with van der Waals surface area (Å²) < 4.78 is 20.9. The van der Waals surface area contributed by atoms with Crippen molar-refractivity contribution in [3.63, 3.8) is 0 Å². The van der Waals surface area contributed by atoms with E-state index in [1.807, 2.05) is 25.2 Å². The van der Waals surface area contributed by atoms with Crippen molar-refractivity contribution >= 4 is 23.6 Å². The Balaban J connectivity index is 2.30. The minimum absolute atomic E-state index is 0.229. The zero-order valence-corrected chi connectivity index (χ0v) is 11.6. The zero-order valence-electron chi connectivity index (χ0n) is 10.7. The van der Waals surface area contributed by atoms with Crippen LogP contribution in [0.3, 0.4) is 0 Å². The minimum Gasteiger partial charge on any atom is -0.386 e. The van der Waals surface area contributed by atoms with E-state index in [9.17, 15) is 4.39 Å². The van der Waals surface area contributed by atoms with Gasteiger partial charge in [0.25, 0.3) is 0 Å². The minimum atomic E-state index is -0.229. The van der Waals surface area contributed by atoms with Crippen LogP contribution in [-0.2, 0) is 4.18 Å². The fourth-order valence-electron chi connectivity index (χ4n) is 1.75. The summed E-state index contributed by atoms with van der Waals surface area (Å²) in [6.07, 6.45) is 0. The first kappa shape index (κ1) is 13.7. The topological polar surface area (TPSA) is 33.3 Å². The molecule has 0 aliphatic heterocycles. The maximum absolute atomic E-state index is 12.9. The lowest BCUT2D eigenvalue weighted by molar-refractivity contribution is 0.492. The summed E-state index contributed by atoms with van der Waals surface area (Å²) in [6.45, 7) is 0. The maximum Gasteiger partial charge on any atom is 0.123 e. The lowest BCUT2D eigenvalue weighted by Gasteiger charge is -2.12. The Morgan fingerprint density at radius 2 is 1.68 bits per heavy atom.